The van der Waals surface area contributed by atoms with Crippen LogP contribution in [0.5, 0.6) is 0 Å². The standard InChI is InChI=1S/C19H24O2.H2/c1-11-13-10-14-16-12-4-3-5-15(19(12,14)16)17(13,2)6-7-18(11)20-8-9-21-18;/h5,12-14,16H,1,3-4,6-10H2,2H3;1H/t12?,13?,14?,16?,17-,19-;/m0./s1. The fourth-order valence-electron chi connectivity index (χ4n) is 7.28. The summed E-state index contributed by atoms with van der Waals surface area (Å²) in [5, 5.41) is 0. The van der Waals surface area contributed by atoms with Gasteiger partial charge in [-0.1, -0.05) is 25.2 Å². The molecule has 0 aromatic carbocycles. The molecule has 0 bridgehead atoms. The first-order valence-corrected chi connectivity index (χ1v) is 8.83. The summed E-state index contributed by atoms with van der Waals surface area (Å²) in [6, 6.07) is 0. The molecule has 6 rings (SSSR count). The summed E-state index contributed by atoms with van der Waals surface area (Å²) in [5.74, 6) is 3.23. The Morgan fingerprint density at radius 3 is 2.86 bits per heavy atom. The maximum atomic E-state index is 6.04. The van der Waals surface area contributed by atoms with E-state index in [1.54, 1.807) is 0 Å². The second-order valence-electron chi connectivity index (χ2n) is 8.55. The Balaban J connectivity index is 0.00000113. The van der Waals surface area contributed by atoms with Crippen LogP contribution in [0, 0.1) is 34.5 Å². The highest BCUT2D eigenvalue weighted by Gasteiger charge is 2.90. The molecule has 114 valence electrons. The molecule has 0 radical (unpaired) electrons. The summed E-state index contributed by atoms with van der Waals surface area (Å²) >= 11 is 0. The minimum atomic E-state index is -0.428. The zero-order valence-electron chi connectivity index (χ0n) is 12.9. The average Bonchev–Trinajstić information content (AvgIpc) is 3.27. The molecule has 2 heteroatoms. The molecule has 5 aliphatic carbocycles. The number of hydrogen-bond donors (Lipinski definition) is 0. The first kappa shape index (κ1) is 11.9. The lowest BCUT2D eigenvalue weighted by molar-refractivity contribution is -0.163. The van der Waals surface area contributed by atoms with Gasteiger partial charge in [0.1, 0.15) is 0 Å². The van der Waals surface area contributed by atoms with Gasteiger partial charge in [-0.25, -0.2) is 0 Å². The fourth-order valence-corrected chi connectivity index (χ4v) is 7.28. The molecule has 0 N–H and O–H groups in total. The van der Waals surface area contributed by atoms with E-state index >= 15 is 0 Å². The van der Waals surface area contributed by atoms with E-state index in [1.807, 2.05) is 5.57 Å². The third-order valence-corrected chi connectivity index (χ3v) is 8.23. The smallest absolute Gasteiger partial charge is 0.190 e. The summed E-state index contributed by atoms with van der Waals surface area (Å²) in [4.78, 5) is 0. The van der Waals surface area contributed by atoms with E-state index in [0.29, 0.717) is 16.7 Å². The summed E-state index contributed by atoms with van der Waals surface area (Å²) in [7, 11) is 0. The minimum Gasteiger partial charge on any atom is -0.344 e. The van der Waals surface area contributed by atoms with E-state index in [1.165, 1.54) is 31.3 Å². The van der Waals surface area contributed by atoms with E-state index in [9.17, 15) is 0 Å². The van der Waals surface area contributed by atoms with Crippen molar-refractivity contribution in [3.05, 3.63) is 23.8 Å². The second-order valence-corrected chi connectivity index (χ2v) is 8.55. The highest BCUT2D eigenvalue weighted by molar-refractivity contribution is 5.53. The lowest BCUT2D eigenvalue weighted by Gasteiger charge is -2.55. The first-order valence-electron chi connectivity index (χ1n) is 8.83. The van der Waals surface area contributed by atoms with Gasteiger partial charge in [0.15, 0.2) is 5.79 Å². The molecule has 1 aliphatic heterocycles. The number of ether oxygens (including phenoxy) is 2. The predicted octanol–water partition coefficient (Wildman–Crippen LogP) is 3.93. The lowest BCUT2D eigenvalue weighted by atomic mass is 9.51. The number of fused-ring (bicyclic) bond motifs is 4. The Hall–Kier alpha value is -0.600. The molecule has 0 aromatic rings. The summed E-state index contributed by atoms with van der Waals surface area (Å²) in [5.41, 5.74) is 4.13. The van der Waals surface area contributed by atoms with Gasteiger partial charge in [-0.2, -0.15) is 0 Å². The van der Waals surface area contributed by atoms with Crippen LogP contribution in [0.3, 0.4) is 0 Å². The van der Waals surface area contributed by atoms with Crippen LogP contribution >= 0.6 is 0 Å². The molecule has 0 aromatic heterocycles. The van der Waals surface area contributed by atoms with Crippen LogP contribution < -0.4 is 0 Å². The van der Waals surface area contributed by atoms with E-state index in [0.717, 1.165) is 37.4 Å². The fraction of sp³-hybridized carbons (Fsp3) is 0.789. The van der Waals surface area contributed by atoms with Crippen molar-refractivity contribution in [1.29, 1.82) is 0 Å². The number of rotatable bonds is 0. The molecular formula is C19H26O2. The van der Waals surface area contributed by atoms with Crippen LogP contribution in [0.15, 0.2) is 23.8 Å². The van der Waals surface area contributed by atoms with Gasteiger partial charge in [-0.05, 0) is 60.3 Å². The van der Waals surface area contributed by atoms with Gasteiger partial charge in [-0.3, -0.25) is 0 Å². The highest BCUT2D eigenvalue weighted by Crippen LogP contribution is 2.95. The van der Waals surface area contributed by atoms with Crippen LogP contribution in [0.4, 0.5) is 0 Å². The molecule has 4 unspecified atom stereocenters. The van der Waals surface area contributed by atoms with Crippen molar-refractivity contribution in [3.8, 4) is 0 Å². The topological polar surface area (TPSA) is 18.5 Å². The van der Waals surface area contributed by atoms with Crippen LogP contribution in [0.25, 0.3) is 0 Å². The number of hydrogen-bond acceptors (Lipinski definition) is 2. The van der Waals surface area contributed by atoms with Crippen molar-refractivity contribution in [2.45, 2.75) is 44.8 Å². The lowest BCUT2D eigenvalue weighted by Crippen LogP contribution is -2.51. The van der Waals surface area contributed by atoms with Crippen LogP contribution in [0.2, 0.25) is 0 Å². The monoisotopic (exact) mass is 286 g/mol. The quantitative estimate of drug-likeness (QED) is 0.628. The molecule has 4 saturated carbocycles. The van der Waals surface area contributed by atoms with Gasteiger partial charge >= 0.3 is 0 Å². The molecule has 1 saturated heterocycles. The van der Waals surface area contributed by atoms with Crippen molar-refractivity contribution in [2.75, 3.05) is 13.2 Å². The van der Waals surface area contributed by atoms with Crippen molar-refractivity contribution in [1.82, 2.24) is 0 Å². The largest absolute Gasteiger partial charge is 0.344 e. The first-order chi connectivity index (χ1) is 10.1. The van der Waals surface area contributed by atoms with Crippen molar-refractivity contribution >= 4 is 0 Å². The SMILES string of the molecule is C=C1C2CC3C4C5CCC=C([C@]534)[C@@]2(C)CCC12OCCO2.[HH]. The Morgan fingerprint density at radius 2 is 2.05 bits per heavy atom. The van der Waals surface area contributed by atoms with Crippen molar-refractivity contribution in [2.24, 2.45) is 34.5 Å². The molecule has 5 fully saturated rings. The molecule has 0 amide bonds. The van der Waals surface area contributed by atoms with Gasteiger partial charge < -0.3 is 9.47 Å². The Bertz CT molecular complexity index is 605. The highest BCUT2D eigenvalue weighted by atomic mass is 16.7. The zero-order chi connectivity index (χ0) is 14.0. The Morgan fingerprint density at radius 1 is 1.24 bits per heavy atom. The van der Waals surface area contributed by atoms with E-state index in [4.69, 9.17) is 9.47 Å². The van der Waals surface area contributed by atoms with Gasteiger partial charge in [0.05, 0.1) is 13.2 Å². The predicted molar refractivity (Wildman–Crippen MR) is 81.6 cm³/mol. The molecular weight excluding hydrogens is 260 g/mol. The van der Waals surface area contributed by atoms with Crippen molar-refractivity contribution < 1.29 is 10.9 Å². The van der Waals surface area contributed by atoms with E-state index < -0.39 is 5.79 Å². The van der Waals surface area contributed by atoms with Crippen LogP contribution in [-0.4, -0.2) is 19.0 Å². The van der Waals surface area contributed by atoms with E-state index in [2.05, 4.69) is 19.6 Å². The maximum Gasteiger partial charge on any atom is 0.190 e. The van der Waals surface area contributed by atoms with Gasteiger partial charge in [0.2, 0.25) is 0 Å². The Labute approximate surface area is 128 Å². The van der Waals surface area contributed by atoms with Crippen LogP contribution in [0.1, 0.15) is 40.5 Å². The Kier molecular flexibility index (Phi) is 1.81. The molecule has 2 nitrogen and oxygen atoms in total. The third kappa shape index (κ3) is 1.03. The molecule has 1 heterocycles. The summed E-state index contributed by atoms with van der Waals surface area (Å²) < 4.78 is 12.1. The van der Waals surface area contributed by atoms with Crippen LogP contribution in [-0.2, 0) is 9.47 Å². The maximum absolute atomic E-state index is 6.04. The van der Waals surface area contributed by atoms with E-state index in [-0.39, 0.29) is 1.43 Å². The van der Waals surface area contributed by atoms with Gasteiger partial charge in [-0.15, -0.1) is 0 Å². The third-order valence-electron chi connectivity index (χ3n) is 8.23. The second kappa shape index (κ2) is 3.19. The molecule has 6 aliphatic rings. The average molecular weight is 286 g/mol. The molecule has 6 atom stereocenters. The minimum absolute atomic E-state index is 0. The van der Waals surface area contributed by atoms with Gasteiger partial charge in [0.25, 0.3) is 0 Å². The van der Waals surface area contributed by atoms with Crippen molar-refractivity contribution in [3.63, 3.8) is 0 Å². The zero-order valence-corrected chi connectivity index (χ0v) is 12.9. The number of allylic oxidation sites excluding steroid dienone is 2. The molecule has 2 spiro atoms. The molecule has 21 heavy (non-hydrogen) atoms. The summed E-state index contributed by atoms with van der Waals surface area (Å²) in [6.45, 7) is 8.50. The van der Waals surface area contributed by atoms with Gasteiger partial charge in [0, 0.05) is 13.3 Å². The normalized spacial score (nSPS) is 58.1. The summed E-state index contributed by atoms with van der Waals surface area (Å²) in [6.07, 6.45) is 8.98.